The molecule has 2 aliphatic heterocycles. The van der Waals surface area contributed by atoms with E-state index in [2.05, 4.69) is 25.5 Å². The maximum absolute atomic E-state index is 12.8. The molecule has 0 aliphatic carbocycles. The summed E-state index contributed by atoms with van der Waals surface area (Å²) >= 11 is 2.94. The fourth-order valence-corrected chi connectivity index (χ4v) is 5.08. The van der Waals surface area contributed by atoms with Crippen LogP contribution < -0.4 is 98.7 Å². The second kappa shape index (κ2) is 11.8. The van der Waals surface area contributed by atoms with Gasteiger partial charge in [0.05, 0.1) is 12.0 Å². The van der Waals surface area contributed by atoms with E-state index in [1.807, 2.05) is 0 Å². The van der Waals surface area contributed by atoms with Gasteiger partial charge in [-0.05, 0) is 40.2 Å². The molecule has 0 N–H and O–H groups in total. The Labute approximate surface area is 251 Å². The van der Waals surface area contributed by atoms with E-state index in [0.717, 1.165) is 6.20 Å². The summed E-state index contributed by atoms with van der Waals surface area (Å²) in [6, 6.07) is 11.0. The summed E-state index contributed by atoms with van der Waals surface area (Å²) < 4.78 is 29.5. The summed E-state index contributed by atoms with van der Waals surface area (Å²) in [4.78, 5) is 25.3. The first-order chi connectivity index (χ1) is 15.9. The zero-order valence-electron chi connectivity index (χ0n) is 18.0. The summed E-state index contributed by atoms with van der Waals surface area (Å²) in [6.45, 7) is 0. The van der Waals surface area contributed by atoms with Gasteiger partial charge >= 0.3 is 81.9 Å². The van der Waals surface area contributed by atoms with Crippen LogP contribution in [0.4, 0.5) is 0 Å². The van der Waals surface area contributed by atoms with Gasteiger partial charge < -0.3 is 28.3 Å². The third kappa shape index (κ3) is 5.79. The average Bonchev–Trinajstić information content (AvgIpc) is 3.38. The van der Waals surface area contributed by atoms with E-state index in [9.17, 15) is 19.8 Å². The number of hydrogen-bond acceptors (Lipinski definition) is 10. The maximum Gasteiger partial charge on any atom is 1.00 e. The first kappa shape index (κ1) is 28.2. The van der Waals surface area contributed by atoms with Crippen LogP contribution in [-0.2, 0) is 0 Å². The molecule has 3 aromatic rings. The molecular weight excluding hydrogens is 588 g/mol. The minimum Gasteiger partial charge on any atom is -0.845 e. The van der Waals surface area contributed by atoms with Gasteiger partial charge in [-0.3, -0.25) is 9.36 Å². The standard InChI is InChI=1S/C18H11BrN4O8P2.2Na/c19-10-9-22(16(25)20-32-28-11-5-1-2-6-12(11)29-32)18(27)23(15(10)24)17(26)21-33-30-13-7-3-4-8-14(13)31-33;;/h1-9H,(H,20,25)(H,21,26);;/q;2*+1/p-2. The number of halogens is 1. The average molecular weight is 597 g/mol. The van der Waals surface area contributed by atoms with Gasteiger partial charge in [0.15, 0.2) is 23.0 Å². The molecule has 0 radical (unpaired) electrons. The van der Waals surface area contributed by atoms with Crippen LogP contribution in [0.25, 0.3) is 0 Å². The van der Waals surface area contributed by atoms with Gasteiger partial charge in [0, 0.05) is 6.20 Å². The minimum absolute atomic E-state index is 0. The predicted octanol–water partition coefficient (Wildman–Crippen LogP) is -4.69. The number of fused-ring (bicyclic) bond motifs is 2. The Morgan fingerprint density at radius 3 is 1.60 bits per heavy atom. The second-order valence-corrected chi connectivity index (χ2v) is 9.21. The molecule has 5 rings (SSSR count). The van der Waals surface area contributed by atoms with Crippen molar-refractivity contribution in [1.82, 2.24) is 9.13 Å². The molecule has 1 aromatic heterocycles. The number of hydrogen-bond donors (Lipinski definition) is 0. The van der Waals surface area contributed by atoms with E-state index >= 15 is 0 Å². The maximum atomic E-state index is 12.8. The largest absolute Gasteiger partial charge is 1.00 e. The Hall–Kier alpha value is -1.40. The van der Waals surface area contributed by atoms with E-state index in [4.69, 9.17) is 18.1 Å². The second-order valence-electron chi connectivity index (χ2n) is 6.27. The Balaban J connectivity index is 0.00000171. The summed E-state index contributed by atoms with van der Waals surface area (Å²) in [5, 5.41) is 25.3. The van der Waals surface area contributed by atoms with E-state index < -0.39 is 40.3 Å². The molecule has 0 saturated heterocycles. The van der Waals surface area contributed by atoms with E-state index in [0.29, 0.717) is 27.6 Å². The van der Waals surface area contributed by atoms with Crippen LogP contribution in [0.2, 0.25) is 0 Å². The molecule has 0 saturated carbocycles. The van der Waals surface area contributed by atoms with Crippen molar-refractivity contribution in [1.29, 1.82) is 0 Å². The number of nitrogens with zero attached hydrogens (tertiary/aromatic N) is 4. The number of benzene rings is 2. The first-order valence-electron chi connectivity index (χ1n) is 8.97. The topological polar surface area (TPSA) is 152 Å². The summed E-state index contributed by atoms with van der Waals surface area (Å²) in [7, 11) is -4.18. The molecule has 0 fully saturated rings. The molecule has 2 aliphatic rings. The summed E-state index contributed by atoms with van der Waals surface area (Å²) in [5.74, 6) is 1.53. The Morgan fingerprint density at radius 2 is 1.17 bits per heavy atom. The van der Waals surface area contributed by atoms with Gasteiger partial charge in [0.2, 0.25) is 0 Å². The van der Waals surface area contributed by atoms with Crippen molar-refractivity contribution >= 4 is 45.0 Å². The third-order valence-corrected chi connectivity index (χ3v) is 6.81. The van der Waals surface area contributed by atoms with Crippen LogP contribution in [0.3, 0.4) is 0 Å². The predicted molar refractivity (Wildman–Crippen MR) is 118 cm³/mol. The van der Waals surface area contributed by atoms with Crippen LogP contribution in [0.15, 0.2) is 78.3 Å². The molecule has 0 amide bonds. The molecule has 0 bridgehead atoms. The van der Waals surface area contributed by atoms with E-state index in [-0.39, 0.29) is 68.2 Å². The fraction of sp³-hybridized carbons (Fsp3) is 0. The molecule has 168 valence electrons. The molecule has 0 atom stereocenters. The van der Waals surface area contributed by atoms with Gasteiger partial charge in [-0.1, -0.05) is 24.3 Å². The van der Waals surface area contributed by atoms with Crippen molar-refractivity contribution in [2.24, 2.45) is 9.53 Å². The van der Waals surface area contributed by atoms with Gasteiger partial charge in [0.25, 0.3) is 5.56 Å². The van der Waals surface area contributed by atoms with Crippen molar-refractivity contribution in [3.63, 3.8) is 0 Å². The van der Waals surface area contributed by atoms with Crippen LogP contribution in [0.5, 0.6) is 23.0 Å². The summed E-state index contributed by atoms with van der Waals surface area (Å²) in [6.07, 6.45) is 0.905. The molecule has 12 nitrogen and oxygen atoms in total. The smallest absolute Gasteiger partial charge is 0.845 e. The Morgan fingerprint density at radius 1 is 0.771 bits per heavy atom. The quantitative estimate of drug-likeness (QED) is 0.124. The third-order valence-electron chi connectivity index (χ3n) is 4.18. The van der Waals surface area contributed by atoms with Crippen molar-refractivity contribution in [3.05, 3.63) is 80.0 Å². The fourth-order valence-electron chi connectivity index (χ4n) is 2.72. The van der Waals surface area contributed by atoms with E-state index in [1.165, 1.54) is 0 Å². The summed E-state index contributed by atoms with van der Waals surface area (Å²) in [5.41, 5.74) is -2.29. The number of rotatable bonds is 2. The normalized spacial score (nSPS) is 14.9. The molecule has 0 spiro atoms. The molecule has 3 heterocycles. The van der Waals surface area contributed by atoms with Crippen LogP contribution in [-0.4, -0.2) is 21.2 Å². The van der Waals surface area contributed by atoms with Crippen molar-refractivity contribution in [2.45, 2.75) is 0 Å². The van der Waals surface area contributed by atoms with Crippen molar-refractivity contribution < 1.29 is 87.4 Å². The molecule has 0 unspecified atom stereocenters. The Kier molecular flexibility index (Phi) is 9.47. The SMILES string of the molecule is O=c1c(Br)cn(/C([O-])=N\P2Oc3ccccc3O2)c(=O)n1/C([O-])=N/P1Oc2ccccc2O1.[Na+].[Na+]. The molecule has 35 heavy (non-hydrogen) atoms. The van der Waals surface area contributed by atoms with E-state index in [1.54, 1.807) is 48.5 Å². The van der Waals surface area contributed by atoms with Crippen molar-refractivity contribution in [2.75, 3.05) is 0 Å². The minimum atomic E-state index is -2.12. The molecular formula is C18H9BrN4Na2O8P2. The molecule has 17 heteroatoms. The first-order valence-corrected chi connectivity index (χ1v) is 12.0. The molecule has 2 aromatic carbocycles. The monoisotopic (exact) mass is 596 g/mol. The Bertz CT molecular complexity index is 1400. The van der Waals surface area contributed by atoms with Crippen molar-refractivity contribution in [3.8, 4) is 23.0 Å². The van der Waals surface area contributed by atoms with Gasteiger partial charge in [-0.2, -0.15) is 9.53 Å². The zero-order chi connectivity index (χ0) is 23.1. The van der Waals surface area contributed by atoms with Crippen LogP contribution >= 0.6 is 33.0 Å². The number of aromatic nitrogens is 2. The van der Waals surface area contributed by atoms with Crippen LogP contribution in [0, 0.1) is 0 Å². The van der Waals surface area contributed by atoms with Gasteiger partial charge in [0.1, 0.15) is 4.47 Å². The number of para-hydroxylation sites is 4. The van der Waals surface area contributed by atoms with Crippen LogP contribution in [0.1, 0.15) is 0 Å². The van der Waals surface area contributed by atoms with Gasteiger partial charge in [-0.15, -0.1) is 0 Å². The zero-order valence-corrected chi connectivity index (χ0v) is 25.4. The van der Waals surface area contributed by atoms with Gasteiger partial charge in [-0.25, -0.2) is 9.36 Å².